The molecule has 3 nitrogen and oxygen atoms in total. The van der Waals surface area contributed by atoms with Gasteiger partial charge in [0.15, 0.2) is 0 Å². The van der Waals surface area contributed by atoms with E-state index in [0.717, 1.165) is 18.0 Å². The highest BCUT2D eigenvalue weighted by atomic mass is 16.4. The van der Waals surface area contributed by atoms with E-state index in [1.807, 2.05) is 6.92 Å². The molecular weight excluding hydrogens is 202 g/mol. The number of carbonyl (C=O) groups is 1. The van der Waals surface area contributed by atoms with E-state index < -0.39 is 5.97 Å². The Hall–Kier alpha value is -0.830. The lowest BCUT2D eigenvalue weighted by Crippen LogP contribution is -2.18. The second-order valence-corrected chi connectivity index (χ2v) is 4.80. The van der Waals surface area contributed by atoms with Crippen molar-refractivity contribution in [3.63, 3.8) is 0 Å². The molecule has 0 aromatic carbocycles. The molecule has 0 heterocycles. The first kappa shape index (κ1) is 13.2. The van der Waals surface area contributed by atoms with Gasteiger partial charge in [-0.3, -0.25) is 0 Å². The maximum Gasteiger partial charge on any atom is 0.328 e. The molecule has 0 unspecified atom stereocenters. The predicted molar refractivity (Wildman–Crippen MR) is 65.5 cm³/mol. The molecule has 0 amide bonds. The van der Waals surface area contributed by atoms with E-state index >= 15 is 0 Å². The first-order valence-corrected chi connectivity index (χ1v) is 6.29. The Morgan fingerprint density at radius 2 is 2.12 bits per heavy atom. The highest BCUT2D eigenvalue weighted by Gasteiger charge is 2.13. The fraction of sp³-hybridized carbons (Fsp3) is 0.769. The molecule has 0 bridgehead atoms. The van der Waals surface area contributed by atoms with Crippen molar-refractivity contribution in [2.75, 3.05) is 13.1 Å². The molecule has 0 atom stereocenters. The number of hydrogen-bond acceptors (Lipinski definition) is 2. The summed E-state index contributed by atoms with van der Waals surface area (Å²) in [6, 6.07) is 0. The van der Waals surface area contributed by atoms with Crippen LogP contribution >= 0.6 is 0 Å². The third-order valence-electron chi connectivity index (χ3n) is 3.21. The lowest BCUT2D eigenvalue weighted by Gasteiger charge is -2.09. The molecule has 1 aliphatic rings. The van der Waals surface area contributed by atoms with Gasteiger partial charge >= 0.3 is 5.97 Å². The number of carboxylic acid groups (broad SMARTS) is 1. The molecular formula is C13H23NO2. The standard InChI is InChI=1S/C13H23NO2/c1-11(9-13(15)16)10-14-8-4-7-12-5-2-3-6-12/h9,12,14H,2-8,10H2,1H3,(H,15,16). The van der Waals surface area contributed by atoms with Crippen molar-refractivity contribution in [3.05, 3.63) is 11.6 Å². The molecule has 0 spiro atoms. The van der Waals surface area contributed by atoms with Gasteiger partial charge in [0.25, 0.3) is 0 Å². The summed E-state index contributed by atoms with van der Waals surface area (Å²) >= 11 is 0. The molecule has 1 fully saturated rings. The van der Waals surface area contributed by atoms with Crippen LogP contribution in [0, 0.1) is 5.92 Å². The van der Waals surface area contributed by atoms with Crippen LogP contribution in [0.1, 0.15) is 45.4 Å². The molecule has 1 saturated carbocycles. The third kappa shape index (κ3) is 5.91. The molecule has 1 aliphatic carbocycles. The summed E-state index contributed by atoms with van der Waals surface area (Å²) in [6.45, 7) is 3.54. The van der Waals surface area contributed by atoms with E-state index in [-0.39, 0.29) is 0 Å². The van der Waals surface area contributed by atoms with Crippen LogP contribution in [0.4, 0.5) is 0 Å². The van der Waals surface area contributed by atoms with Crippen molar-refractivity contribution in [3.8, 4) is 0 Å². The van der Waals surface area contributed by atoms with Crippen molar-refractivity contribution >= 4 is 5.97 Å². The van der Waals surface area contributed by atoms with Crippen LogP contribution in [0.5, 0.6) is 0 Å². The molecule has 0 saturated heterocycles. The van der Waals surface area contributed by atoms with Gasteiger partial charge in [-0.1, -0.05) is 31.3 Å². The molecule has 0 aromatic rings. The normalized spacial score (nSPS) is 17.9. The van der Waals surface area contributed by atoms with Crippen molar-refractivity contribution in [2.45, 2.75) is 45.4 Å². The molecule has 0 aliphatic heterocycles. The summed E-state index contributed by atoms with van der Waals surface area (Å²) in [5.41, 5.74) is 0.883. The van der Waals surface area contributed by atoms with Gasteiger partial charge in [-0.25, -0.2) is 4.79 Å². The first-order valence-electron chi connectivity index (χ1n) is 6.29. The lowest BCUT2D eigenvalue weighted by atomic mass is 10.0. The van der Waals surface area contributed by atoms with E-state index in [1.54, 1.807) is 0 Å². The van der Waals surface area contributed by atoms with Gasteiger partial charge in [-0.05, 0) is 32.2 Å². The number of nitrogens with one attached hydrogen (secondary N) is 1. The Bertz CT molecular complexity index is 242. The molecule has 0 radical (unpaired) electrons. The van der Waals surface area contributed by atoms with Crippen LogP contribution in [-0.4, -0.2) is 24.2 Å². The Morgan fingerprint density at radius 3 is 2.75 bits per heavy atom. The smallest absolute Gasteiger partial charge is 0.328 e. The van der Waals surface area contributed by atoms with Crippen LogP contribution in [-0.2, 0) is 4.79 Å². The van der Waals surface area contributed by atoms with E-state index in [1.165, 1.54) is 44.6 Å². The Labute approximate surface area is 97.9 Å². The van der Waals surface area contributed by atoms with Gasteiger partial charge in [-0.15, -0.1) is 0 Å². The SMILES string of the molecule is CC(=CC(=O)O)CNCCCC1CCCC1. The quantitative estimate of drug-likeness (QED) is 0.517. The average Bonchev–Trinajstić information content (AvgIpc) is 2.68. The second kappa shape index (κ2) is 7.44. The van der Waals surface area contributed by atoms with Crippen LogP contribution in [0.25, 0.3) is 0 Å². The van der Waals surface area contributed by atoms with Crippen LogP contribution in [0.2, 0.25) is 0 Å². The fourth-order valence-corrected chi connectivity index (χ4v) is 2.36. The van der Waals surface area contributed by atoms with Gasteiger partial charge in [0, 0.05) is 12.6 Å². The predicted octanol–water partition coefficient (Wildman–Crippen LogP) is 2.58. The monoisotopic (exact) mass is 225 g/mol. The minimum atomic E-state index is -0.856. The third-order valence-corrected chi connectivity index (χ3v) is 3.21. The van der Waals surface area contributed by atoms with E-state index in [4.69, 9.17) is 5.11 Å². The Kier molecular flexibility index (Phi) is 6.16. The fourth-order valence-electron chi connectivity index (χ4n) is 2.36. The zero-order chi connectivity index (χ0) is 11.8. The first-order chi connectivity index (χ1) is 7.68. The summed E-state index contributed by atoms with van der Waals surface area (Å²) in [4.78, 5) is 10.4. The van der Waals surface area contributed by atoms with Crippen LogP contribution in [0.15, 0.2) is 11.6 Å². The number of aliphatic carboxylic acids is 1. The average molecular weight is 225 g/mol. The molecule has 16 heavy (non-hydrogen) atoms. The summed E-state index contributed by atoms with van der Waals surface area (Å²) in [7, 11) is 0. The number of carboxylic acids is 1. The molecule has 2 N–H and O–H groups in total. The molecule has 92 valence electrons. The Balaban J connectivity index is 1.97. The van der Waals surface area contributed by atoms with Crippen molar-refractivity contribution < 1.29 is 9.90 Å². The van der Waals surface area contributed by atoms with E-state index in [0.29, 0.717) is 6.54 Å². The number of rotatable bonds is 7. The largest absolute Gasteiger partial charge is 0.478 e. The van der Waals surface area contributed by atoms with Crippen LogP contribution < -0.4 is 5.32 Å². The topological polar surface area (TPSA) is 49.3 Å². The molecule has 0 aromatic heterocycles. The second-order valence-electron chi connectivity index (χ2n) is 4.80. The number of hydrogen-bond donors (Lipinski definition) is 2. The van der Waals surface area contributed by atoms with Gasteiger partial charge in [0.05, 0.1) is 0 Å². The van der Waals surface area contributed by atoms with Crippen molar-refractivity contribution in [2.24, 2.45) is 5.92 Å². The Morgan fingerprint density at radius 1 is 1.44 bits per heavy atom. The van der Waals surface area contributed by atoms with Crippen molar-refractivity contribution in [1.29, 1.82) is 0 Å². The summed E-state index contributed by atoms with van der Waals surface area (Å²) in [6.07, 6.45) is 9.47. The minimum Gasteiger partial charge on any atom is -0.478 e. The summed E-state index contributed by atoms with van der Waals surface area (Å²) < 4.78 is 0. The summed E-state index contributed by atoms with van der Waals surface area (Å²) in [5.74, 6) is 0.0997. The zero-order valence-corrected chi connectivity index (χ0v) is 10.2. The highest BCUT2D eigenvalue weighted by Crippen LogP contribution is 2.28. The molecule has 1 rings (SSSR count). The minimum absolute atomic E-state index is 0.691. The molecule has 3 heteroatoms. The highest BCUT2D eigenvalue weighted by molar-refractivity contribution is 5.80. The van der Waals surface area contributed by atoms with Crippen LogP contribution in [0.3, 0.4) is 0 Å². The van der Waals surface area contributed by atoms with Crippen molar-refractivity contribution in [1.82, 2.24) is 5.32 Å². The van der Waals surface area contributed by atoms with Gasteiger partial charge in [0.1, 0.15) is 0 Å². The maximum atomic E-state index is 10.4. The summed E-state index contributed by atoms with van der Waals surface area (Å²) in [5, 5.41) is 11.8. The van der Waals surface area contributed by atoms with Gasteiger partial charge in [-0.2, -0.15) is 0 Å². The maximum absolute atomic E-state index is 10.4. The van der Waals surface area contributed by atoms with Gasteiger partial charge in [0.2, 0.25) is 0 Å². The van der Waals surface area contributed by atoms with E-state index in [2.05, 4.69) is 5.32 Å². The zero-order valence-electron chi connectivity index (χ0n) is 10.2. The van der Waals surface area contributed by atoms with Gasteiger partial charge < -0.3 is 10.4 Å². The van der Waals surface area contributed by atoms with E-state index in [9.17, 15) is 4.79 Å². The lowest BCUT2D eigenvalue weighted by molar-refractivity contribution is -0.131.